The van der Waals surface area contributed by atoms with Crippen molar-refractivity contribution in [1.82, 2.24) is 9.21 Å². The molecule has 1 atom stereocenters. The van der Waals surface area contributed by atoms with Gasteiger partial charge in [0.25, 0.3) is 5.69 Å². The summed E-state index contributed by atoms with van der Waals surface area (Å²) in [5, 5.41) is 14.5. The van der Waals surface area contributed by atoms with E-state index in [2.05, 4.69) is 37.9 Å². The van der Waals surface area contributed by atoms with Gasteiger partial charge >= 0.3 is 0 Å². The molecule has 1 aliphatic rings. The first-order chi connectivity index (χ1) is 14.2. The van der Waals surface area contributed by atoms with Gasteiger partial charge in [-0.05, 0) is 31.5 Å². The van der Waals surface area contributed by atoms with Gasteiger partial charge in [0.2, 0.25) is 10.0 Å². The van der Waals surface area contributed by atoms with Crippen LogP contribution in [0.15, 0.2) is 23.1 Å². The molecule has 1 heterocycles. The van der Waals surface area contributed by atoms with E-state index in [0.29, 0.717) is 31.4 Å². The molecule has 30 heavy (non-hydrogen) atoms. The van der Waals surface area contributed by atoms with Crippen LogP contribution in [0.1, 0.15) is 34.1 Å². The third-order valence-electron chi connectivity index (χ3n) is 5.36. The Morgan fingerprint density at radius 1 is 1.23 bits per heavy atom. The fourth-order valence-corrected chi connectivity index (χ4v) is 5.38. The maximum Gasteiger partial charge on any atom is 0.270 e. The molecule has 0 spiro atoms. The highest BCUT2D eigenvalue weighted by Crippen LogP contribution is 2.30. The number of rotatable bonds is 11. The second-order valence-electron chi connectivity index (χ2n) is 7.84. The highest BCUT2D eigenvalue weighted by Gasteiger charge is 2.30. The number of nitro groups is 1. The average molecular weight is 443 g/mol. The summed E-state index contributed by atoms with van der Waals surface area (Å²) in [6.07, 6.45) is 0.965. The van der Waals surface area contributed by atoms with E-state index in [4.69, 9.17) is 4.74 Å². The number of hydrogen-bond donors (Lipinski definition) is 1. The molecule has 170 valence electrons. The van der Waals surface area contributed by atoms with Crippen molar-refractivity contribution in [1.29, 1.82) is 0 Å². The molecule has 1 unspecified atom stereocenters. The number of likely N-dealkylation sites (N-methyl/N-ethyl adjacent to an activating group) is 1. The third-order valence-corrected chi connectivity index (χ3v) is 7.30. The van der Waals surface area contributed by atoms with Gasteiger partial charge in [-0.15, -0.1) is 0 Å². The Morgan fingerprint density at radius 2 is 1.87 bits per heavy atom. The topological polar surface area (TPSA) is 105 Å². The normalized spacial score (nSPS) is 16.7. The molecule has 10 heteroatoms. The molecule has 0 amide bonds. The molecule has 0 bridgehead atoms. The highest BCUT2D eigenvalue weighted by molar-refractivity contribution is 7.89. The van der Waals surface area contributed by atoms with Gasteiger partial charge in [0.1, 0.15) is 4.90 Å². The molecule has 1 aliphatic heterocycles. The Hall–Kier alpha value is -1.75. The minimum Gasteiger partial charge on any atom is -0.382 e. The van der Waals surface area contributed by atoms with E-state index in [-0.39, 0.29) is 29.7 Å². The number of anilines is 1. The van der Waals surface area contributed by atoms with Crippen molar-refractivity contribution in [3.8, 4) is 0 Å². The van der Waals surface area contributed by atoms with E-state index in [1.807, 2.05) is 0 Å². The second-order valence-corrected chi connectivity index (χ2v) is 9.75. The van der Waals surface area contributed by atoms with Crippen LogP contribution in [0.3, 0.4) is 0 Å². The summed E-state index contributed by atoms with van der Waals surface area (Å²) in [6, 6.07) is 4.23. The molecular formula is C20H34N4O5S. The van der Waals surface area contributed by atoms with Gasteiger partial charge in [-0.1, -0.05) is 27.7 Å². The predicted octanol–water partition coefficient (Wildman–Crippen LogP) is 2.78. The molecule has 0 aromatic heterocycles. The fourth-order valence-electron chi connectivity index (χ4n) is 3.78. The van der Waals surface area contributed by atoms with Crippen LogP contribution in [0, 0.1) is 16.0 Å². The van der Waals surface area contributed by atoms with E-state index in [1.165, 1.54) is 16.4 Å². The van der Waals surface area contributed by atoms with Gasteiger partial charge < -0.3 is 10.1 Å². The monoisotopic (exact) mass is 442 g/mol. The first kappa shape index (κ1) is 24.5. The first-order valence-corrected chi connectivity index (χ1v) is 12.0. The first-order valence-electron chi connectivity index (χ1n) is 10.5. The highest BCUT2D eigenvalue weighted by atomic mass is 32.2. The van der Waals surface area contributed by atoms with E-state index < -0.39 is 14.9 Å². The lowest BCUT2D eigenvalue weighted by atomic mass is 10.0. The quantitative estimate of drug-likeness (QED) is 0.415. The Balaban J connectivity index is 2.35. The van der Waals surface area contributed by atoms with Crippen LogP contribution in [0.2, 0.25) is 0 Å². The number of hydrogen-bond acceptors (Lipinski definition) is 7. The zero-order valence-electron chi connectivity index (χ0n) is 18.3. The summed E-state index contributed by atoms with van der Waals surface area (Å²) < 4.78 is 33.1. The van der Waals surface area contributed by atoms with Crippen molar-refractivity contribution >= 4 is 21.4 Å². The van der Waals surface area contributed by atoms with Crippen molar-refractivity contribution in [2.45, 2.75) is 45.1 Å². The van der Waals surface area contributed by atoms with Gasteiger partial charge in [0.05, 0.1) is 23.8 Å². The van der Waals surface area contributed by atoms with Crippen LogP contribution in [0.5, 0.6) is 0 Å². The van der Waals surface area contributed by atoms with Crippen molar-refractivity contribution in [3.05, 3.63) is 28.3 Å². The maximum atomic E-state index is 13.2. The van der Waals surface area contributed by atoms with Gasteiger partial charge in [-0.2, -0.15) is 4.31 Å². The second kappa shape index (κ2) is 11.0. The predicted molar refractivity (Wildman–Crippen MR) is 117 cm³/mol. The molecule has 9 nitrogen and oxygen atoms in total. The molecule has 1 aromatic carbocycles. The van der Waals surface area contributed by atoms with E-state index >= 15 is 0 Å². The summed E-state index contributed by atoms with van der Waals surface area (Å²) in [6.45, 7) is 12.0. The summed E-state index contributed by atoms with van der Waals surface area (Å²) >= 11 is 0. The molecule has 2 rings (SSSR count). The fraction of sp³-hybridized carbons (Fsp3) is 0.700. The minimum atomic E-state index is -3.88. The molecule has 0 saturated carbocycles. The van der Waals surface area contributed by atoms with E-state index in [0.717, 1.165) is 25.6 Å². The third kappa shape index (κ3) is 6.13. The largest absolute Gasteiger partial charge is 0.382 e. The van der Waals surface area contributed by atoms with E-state index in [1.54, 1.807) is 0 Å². The van der Waals surface area contributed by atoms with Crippen molar-refractivity contribution in [2.24, 2.45) is 5.92 Å². The van der Waals surface area contributed by atoms with Crippen molar-refractivity contribution in [2.75, 3.05) is 51.3 Å². The Kier molecular flexibility index (Phi) is 9.02. The Labute approximate surface area is 179 Å². The SMILES string of the molecule is CCN(CC)C(CNc1ccc([N+](=O)[O-])cc1S(=O)(=O)N1CCOCC1)CC(C)C. The zero-order valence-corrected chi connectivity index (χ0v) is 19.2. The number of benzene rings is 1. The summed E-state index contributed by atoms with van der Waals surface area (Å²) in [5.74, 6) is 0.491. The Morgan fingerprint density at radius 3 is 2.40 bits per heavy atom. The van der Waals surface area contributed by atoms with Crippen LogP contribution in [-0.4, -0.2) is 74.5 Å². The average Bonchev–Trinajstić information content (AvgIpc) is 2.72. The number of non-ortho nitro benzene ring substituents is 1. The summed E-state index contributed by atoms with van der Waals surface area (Å²) in [5.41, 5.74) is 0.155. The standard InChI is InChI=1S/C20H34N4O5S/c1-5-22(6-2)18(13-16(3)4)15-21-19-8-7-17(24(25)26)14-20(19)30(27,28)23-9-11-29-12-10-23/h7-8,14,16,18,21H,5-6,9-13,15H2,1-4H3. The number of nitrogens with zero attached hydrogens (tertiary/aromatic N) is 3. The van der Waals surface area contributed by atoms with Crippen LogP contribution in [-0.2, 0) is 14.8 Å². The maximum absolute atomic E-state index is 13.2. The molecule has 0 radical (unpaired) electrons. The van der Waals surface area contributed by atoms with Gasteiger partial charge in [0, 0.05) is 37.8 Å². The molecular weight excluding hydrogens is 408 g/mol. The molecule has 0 aliphatic carbocycles. The van der Waals surface area contributed by atoms with Crippen molar-refractivity contribution < 1.29 is 18.1 Å². The summed E-state index contributed by atoms with van der Waals surface area (Å²) in [4.78, 5) is 13.0. The molecule has 1 aromatic rings. The van der Waals surface area contributed by atoms with Crippen LogP contribution in [0.4, 0.5) is 11.4 Å². The lowest BCUT2D eigenvalue weighted by Gasteiger charge is -2.32. The molecule has 1 fully saturated rings. The minimum absolute atomic E-state index is 0.0542. The van der Waals surface area contributed by atoms with Crippen LogP contribution >= 0.6 is 0 Å². The van der Waals surface area contributed by atoms with Gasteiger partial charge in [-0.25, -0.2) is 8.42 Å². The molecule has 1 N–H and O–H groups in total. The van der Waals surface area contributed by atoms with E-state index in [9.17, 15) is 18.5 Å². The number of nitro benzene ring substituents is 1. The van der Waals surface area contributed by atoms with Gasteiger partial charge in [-0.3, -0.25) is 15.0 Å². The zero-order chi connectivity index (χ0) is 22.3. The van der Waals surface area contributed by atoms with Crippen LogP contribution in [0.25, 0.3) is 0 Å². The van der Waals surface area contributed by atoms with Crippen molar-refractivity contribution in [3.63, 3.8) is 0 Å². The van der Waals surface area contributed by atoms with Gasteiger partial charge in [0.15, 0.2) is 0 Å². The lowest BCUT2D eigenvalue weighted by Crippen LogP contribution is -2.42. The number of sulfonamides is 1. The summed E-state index contributed by atoms with van der Waals surface area (Å²) in [7, 11) is -3.88. The molecule has 1 saturated heterocycles. The Bertz CT molecular complexity index is 805. The lowest BCUT2D eigenvalue weighted by molar-refractivity contribution is -0.385. The number of ether oxygens (including phenoxy) is 1. The smallest absolute Gasteiger partial charge is 0.270 e. The number of morpholine rings is 1. The number of nitrogens with one attached hydrogen (secondary N) is 1. The van der Waals surface area contributed by atoms with Crippen LogP contribution < -0.4 is 5.32 Å².